The third-order valence-electron chi connectivity index (χ3n) is 4.74. The number of nitrogens with one attached hydrogen (secondary N) is 3. The Hall–Kier alpha value is -4.57. The van der Waals surface area contributed by atoms with Crippen molar-refractivity contribution >= 4 is 46.1 Å². The van der Waals surface area contributed by atoms with E-state index in [1.54, 1.807) is 68.9 Å². The summed E-state index contributed by atoms with van der Waals surface area (Å²) in [7, 11) is 3.11. The van der Waals surface area contributed by atoms with E-state index in [-0.39, 0.29) is 5.82 Å². The lowest BCUT2D eigenvalue weighted by molar-refractivity contribution is 0.240. The van der Waals surface area contributed by atoms with Crippen LogP contribution in [0.1, 0.15) is 0 Å². The number of carbonyl (C=O) groups is 2. The summed E-state index contributed by atoms with van der Waals surface area (Å²) in [6.07, 6.45) is 3.01. The first kappa shape index (κ1) is 23.6. The maximum absolute atomic E-state index is 12.1. The average molecular weight is 494 g/mol. The van der Waals surface area contributed by atoms with Crippen LogP contribution in [0.2, 0.25) is 5.02 Å². The van der Waals surface area contributed by atoms with Gasteiger partial charge in [-0.1, -0.05) is 11.6 Å². The average Bonchev–Trinajstić information content (AvgIpc) is 2.85. The number of benzene rings is 2. The molecule has 3 N–H and O–H groups in total. The van der Waals surface area contributed by atoms with Crippen LogP contribution >= 0.6 is 11.6 Å². The Kier molecular flexibility index (Phi) is 7.12. The Balaban J connectivity index is 1.39. The first-order chi connectivity index (χ1) is 16.9. The fourth-order valence-electron chi connectivity index (χ4n) is 3.13. The fraction of sp³-hybridized carbons (Fsp3) is 0.0833. The number of ether oxygens (including phenoxy) is 3. The Morgan fingerprint density at radius 3 is 2.23 bits per heavy atom. The van der Waals surface area contributed by atoms with E-state index in [0.29, 0.717) is 39.2 Å². The van der Waals surface area contributed by atoms with E-state index in [9.17, 15) is 9.59 Å². The zero-order valence-electron chi connectivity index (χ0n) is 18.7. The number of anilines is 2. The van der Waals surface area contributed by atoms with Crippen LogP contribution in [0.25, 0.3) is 10.9 Å². The number of hydrogen-bond donors (Lipinski definition) is 3. The molecule has 0 unspecified atom stereocenters. The molecule has 0 saturated heterocycles. The van der Waals surface area contributed by atoms with Gasteiger partial charge in [0.25, 0.3) is 0 Å². The van der Waals surface area contributed by atoms with E-state index in [1.165, 1.54) is 12.3 Å². The van der Waals surface area contributed by atoms with E-state index < -0.39 is 12.1 Å². The van der Waals surface area contributed by atoms with Crippen molar-refractivity contribution in [2.45, 2.75) is 0 Å². The second-order valence-corrected chi connectivity index (χ2v) is 7.49. The van der Waals surface area contributed by atoms with Crippen molar-refractivity contribution in [2.75, 3.05) is 24.9 Å². The van der Waals surface area contributed by atoms with Gasteiger partial charge in [-0.15, -0.1) is 0 Å². The van der Waals surface area contributed by atoms with Crippen LogP contribution in [-0.4, -0.2) is 36.2 Å². The highest BCUT2D eigenvalue weighted by Crippen LogP contribution is 2.36. The van der Waals surface area contributed by atoms with Gasteiger partial charge in [-0.3, -0.25) is 15.6 Å². The summed E-state index contributed by atoms with van der Waals surface area (Å²) in [5, 5.41) is 8.32. The van der Waals surface area contributed by atoms with Crippen molar-refractivity contribution < 1.29 is 23.8 Å². The van der Waals surface area contributed by atoms with Gasteiger partial charge < -0.3 is 19.5 Å². The summed E-state index contributed by atoms with van der Waals surface area (Å²) >= 11 is 5.75. The van der Waals surface area contributed by atoms with Crippen molar-refractivity contribution in [1.82, 2.24) is 15.3 Å². The molecule has 0 radical (unpaired) electrons. The zero-order chi connectivity index (χ0) is 24.8. The van der Waals surface area contributed by atoms with Gasteiger partial charge in [-0.05, 0) is 48.5 Å². The Morgan fingerprint density at radius 1 is 0.829 bits per heavy atom. The third kappa shape index (κ3) is 5.87. The number of imide groups is 1. The largest absolute Gasteiger partial charge is 0.493 e. The van der Waals surface area contributed by atoms with E-state index in [4.69, 9.17) is 25.8 Å². The minimum Gasteiger partial charge on any atom is -0.493 e. The molecule has 4 aromatic rings. The summed E-state index contributed by atoms with van der Waals surface area (Å²) in [6, 6.07) is 13.6. The highest BCUT2D eigenvalue weighted by Gasteiger charge is 2.12. The van der Waals surface area contributed by atoms with Crippen LogP contribution in [0.4, 0.5) is 21.1 Å². The van der Waals surface area contributed by atoms with Gasteiger partial charge in [0, 0.05) is 29.5 Å². The van der Waals surface area contributed by atoms with Crippen molar-refractivity contribution in [3.05, 3.63) is 72.0 Å². The van der Waals surface area contributed by atoms with Gasteiger partial charge >= 0.3 is 12.1 Å². The van der Waals surface area contributed by atoms with Crippen LogP contribution in [0.3, 0.4) is 0 Å². The van der Waals surface area contributed by atoms with E-state index in [2.05, 4.69) is 25.9 Å². The van der Waals surface area contributed by atoms with Crippen LogP contribution in [0.5, 0.6) is 23.0 Å². The molecule has 0 atom stereocenters. The zero-order valence-corrected chi connectivity index (χ0v) is 19.4. The highest BCUT2D eigenvalue weighted by molar-refractivity contribution is 6.30. The van der Waals surface area contributed by atoms with E-state index >= 15 is 0 Å². The molecule has 2 aromatic heterocycles. The molecular weight excluding hydrogens is 474 g/mol. The smallest absolute Gasteiger partial charge is 0.328 e. The van der Waals surface area contributed by atoms with Crippen LogP contribution < -0.4 is 30.2 Å². The number of nitrogens with zero attached hydrogens (tertiary/aromatic N) is 2. The first-order valence-corrected chi connectivity index (χ1v) is 10.6. The van der Waals surface area contributed by atoms with Gasteiger partial charge in [-0.2, -0.15) is 0 Å². The van der Waals surface area contributed by atoms with Crippen molar-refractivity contribution in [2.24, 2.45) is 0 Å². The minimum absolute atomic E-state index is 0.251. The molecule has 10 nitrogen and oxygen atoms in total. The molecule has 35 heavy (non-hydrogen) atoms. The molecule has 4 amide bonds. The summed E-state index contributed by atoms with van der Waals surface area (Å²) in [5.41, 5.74) is 1.14. The lowest BCUT2D eigenvalue weighted by atomic mass is 10.2. The number of methoxy groups -OCH3 is 2. The highest BCUT2D eigenvalue weighted by atomic mass is 35.5. The number of fused-ring (bicyclic) bond motifs is 1. The van der Waals surface area contributed by atoms with E-state index in [1.807, 2.05) is 0 Å². The van der Waals surface area contributed by atoms with Crippen molar-refractivity contribution in [3.8, 4) is 23.0 Å². The summed E-state index contributed by atoms with van der Waals surface area (Å²) < 4.78 is 16.7. The number of hydrogen-bond acceptors (Lipinski definition) is 7. The van der Waals surface area contributed by atoms with Gasteiger partial charge in [-0.25, -0.2) is 14.6 Å². The minimum atomic E-state index is -0.742. The number of pyridine rings is 2. The van der Waals surface area contributed by atoms with Gasteiger partial charge in [0.15, 0.2) is 11.5 Å². The monoisotopic (exact) mass is 493 g/mol. The molecule has 0 fully saturated rings. The van der Waals surface area contributed by atoms with Crippen molar-refractivity contribution in [3.63, 3.8) is 0 Å². The molecule has 0 spiro atoms. The molecule has 2 heterocycles. The summed E-state index contributed by atoms with van der Waals surface area (Å²) in [6.45, 7) is 0. The lowest BCUT2D eigenvalue weighted by Crippen LogP contribution is -2.37. The number of amides is 4. The van der Waals surface area contributed by atoms with Crippen LogP contribution in [0, 0.1) is 0 Å². The maximum Gasteiger partial charge on any atom is 0.328 e. The molecule has 2 aromatic carbocycles. The molecule has 0 saturated carbocycles. The Morgan fingerprint density at radius 2 is 1.54 bits per heavy atom. The predicted molar refractivity (Wildman–Crippen MR) is 132 cm³/mol. The lowest BCUT2D eigenvalue weighted by Gasteiger charge is -2.13. The molecule has 0 aliphatic heterocycles. The van der Waals surface area contributed by atoms with Gasteiger partial charge in [0.1, 0.15) is 17.3 Å². The van der Waals surface area contributed by atoms with Gasteiger partial charge in [0.2, 0.25) is 0 Å². The number of carbonyl (C=O) groups excluding carboxylic acids is 2. The second-order valence-electron chi connectivity index (χ2n) is 7.05. The molecule has 0 aliphatic rings. The SMILES string of the molecule is COc1cc2nccc(Oc3ccc(NC(=O)NC(=O)Nc4ccc(Cl)cn4)cc3)c2cc1OC. The number of rotatable bonds is 6. The molecule has 4 rings (SSSR count). The summed E-state index contributed by atoms with van der Waals surface area (Å²) in [4.78, 5) is 32.3. The fourth-order valence-corrected chi connectivity index (χ4v) is 3.24. The first-order valence-electron chi connectivity index (χ1n) is 10.2. The summed E-state index contributed by atoms with van der Waals surface area (Å²) in [5.74, 6) is 2.48. The van der Waals surface area contributed by atoms with Gasteiger partial charge in [0.05, 0.1) is 24.8 Å². The van der Waals surface area contributed by atoms with Crippen LogP contribution in [-0.2, 0) is 0 Å². The number of aromatic nitrogens is 2. The Labute approximate surface area is 205 Å². The Bertz CT molecular complexity index is 1360. The van der Waals surface area contributed by atoms with E-state index in [0.717, 1.165) is 5.39 Å². The van der Waals surface area contributed by atoms with Crippen molar-refractivity contribution in [1.29, 1.82) is 0 Å². The normalized spacial score (nSPS) is 10.4. The number of urea groups is 2. The quantitative estimate of drug-likeness (QED) is 0.326. The standard InChI is InChI=1S/C24H20ClN5O5/c1-33-20-11-17-18(12-21(20)34-2)26-10-9-19(17)35-16-6-4-15(5-7-16)28-23(31)30-24(32)29-22-8-3-14(25)13-27-22/h3-13H,1-2H3,(H3,27,28,29,30,31,32). The van der Waals surface area contributed by atoms with Crippen LogP contribution in [0.15, 0.2) is 67.0 Å². The maximum atomic E-state index is 12.1. The molecule has 11 heteroatoms. The molecular formula is C24H20ClN5O5. The topological polar surface area (TPSA) is 124 Å². The third-order valence-corrected chi connectivity index (χ3v) is 4.97. The predicted octanol–water partition coefficient (Wildman–Crippen LogP) is 5.45. The second kappa shape index (κ2) is 10.6. The molecule has 0 aliphatic carbocycles. The molecule has 178 valence electrons. The molecule has 0 bridgehead atoms. The number of halogens is 1.